The first kappa shape index (κ1) is 12.8. The Morgan fingerprint density at radius 3 is 2.89 bits per heavy atom. The molecule has 0 aromatic carbocycles. The maximum Gasteiger partial charge on any atom is 0.309 e. The van der Waals surface area contributed by atoms with E-state index >= 15 is 0 Å². The lowest BCUT2D eigenvalue weighted by molar-refractivity contribution is -0.154. The van der Waals surface area contributed by atoms with Crippen molar-refractivity contribution in [1.29, 1.82) is 0 Å². The van der Waals surface area contributed by atoms with E-state index in [-0.39, 0.29) is 17.0 Å². The van der Waals surface area contributed by atoms with Gasteiger partial charge in [-0.25, -0.2) is 4.98 Å². The van der Waals surface area contributed by atoms with Crippen LogP contribution in [0.1, 0.15) is 19.8 Å². The molecule has 5 nitrogen and oxygen atoms in total. The summed E-state index contributed by atoms with van der Waals surface area (Å²) in [6.45, 7) is 1.53. The van der Waals surface area contributed by atoms with Crippen molar-refractivity contribution in [1.82, 2.24) is 4.98 Å². The molecule has 1 aliphatic carbocycles. The summed E-state index contributed by atoms with van der Waals surface area (Å²) < 4.78 is 5.03. The Balaban J connectivity index is 1.90. The molecule has 1 saturated carbocycles. The van der Waals surface area contributed by atoms with Gasteiger partial charge in [0, 0.05) is 6.20 Å². The van der Waals surface area contributed by atoms with Crippen LogP contribution in [-0.4, -0.2) is 23.0 Å². The normalized spacial score (nSPS) is 15.9. The predicted molar refractivity (Wildman–Crippen MR) is 66.2 cm³/mol. The second-order valence-electron chi connectivity index (χ2n) is 4.18. The maximum absolute atomic E-state index is 11.8. The van der Waals surface area contributed by atoms with Crippen molar-refractivity contribution in [2.24, 2.45) is 5.92 Å². The fourth-order valence-electron chi connectivity index (χ4n) is 1.36. The van der Waals surface area contributed by atoms with E-state index in [4.69, 9.17) is 16.3 Å². The van der Waals surface area contributed by atoms with Crippen LogP contribution < -0.4 is 5.32 Å². The minimum absolute atomic E-state index is 0.0257. The van der Waals surface area contributed by atoms with Crippen molar-refractivity contribution in [2.75, 3.05) is 5.32 Å². The number of halogens is 1. The Morgan fingerprint density at radius 1 is 1.56 bits per heavy atom. The summed E-state index contributed by atoms with van der Waals surface area (Å²) in [5, 5.41) is 2.76. The number of hydrogen-bond donors (Lipinski definition) is 1. The fourth-order valence-corrected chi connectivity index (χ4v) is 1.52. The Hall–Kier alpha value is -1.62. The van der Waals surface area contributed by atoms with E-state index < -0.39 is 12.0 Å². The molecule has 0 bridgehead atoms. The zero-order chi connectivity index (χ0) is 13.1. The number of carbonyl (C=O) groups is 2. The molecule has 1 aliphatic rings. The highest BCUT2D eigenvalue weighted by atomic mass is 35.5. The molecule has 1 aromatic heterocycles. The van der Waals surface area contributed by atoms with Gasteiger partial charge in [0.1, 0.15) is 0 Å². The van der Waals surface area contributed by atoms with E-state index in [2.05, 4.69) is 10.3 Å². The minimum Gasteiger partial charge on any atom is -0.452 e. The van der Waals surface area contributed by atoms with Gasteiger partial charge in [0.25, 0.3) is 5.91 Å². The van der Waals surface area contributed by atoms with Crippen molar-refractivity contribution in [3.05, 3.63) is 23.5 Å². The van der Waals surface area contributed by atoms with Gasteiger partial charge in [0.05, 0.1) is 11.6 Å². The smallest absolute Gasteiger partial charge is 0.309 e. The third-order valence-corrected chi connectivity index (χ3v) is 2.89. The van der Waals surface area contributed by atoms with E-state index in [1.807, 2.05) is 0 Å². The van der Waals surface area contributed by atoms with Crippen LogP contribution in [0, 0.1) is 5.92 Å². The quantitative estimate of drug-likeness (QED) is 0.670. The van der Waals surface area contributed by atoms with Gasteiger partial charge in [0.15, 0.2) is 11.3 Å². The molecule has 96 valence electrons. The van der Waals surface area contributed by atoms with Gasteiger partial charge < -0.3 is 10.1 Å². The molecule has 18 heavy (non-hydrogen) atoms. The number of esters is 1. The molecule has 1 atom stereocenters. The molecular formula is C12H13ClN2O3. The van der Waals surface area contributed by atoms with Gasteiger partial charge in [-0.3, -0.25) is 9.59 Å². The van der Waals surface area contributed by atoms with Crippen molar-refractivity contribution in [3.8, 4) is 0 Å². The van der Waals surface area contributed by atoms with Gasteiger partial charge in [-0.1, -0.05) is 11.6 Å². The summed E-state index contributed by atoms with van der Waals surface area (Å²) in [4.78, 5) is 27.0. The number of amides is 1. The van der Waals surface area contributed by atoms with E-state index in [0.29, 0.717) is 5.69 Å². The highest BCUT2D eigenvalue weighted by Gasteiger charge is 2.33. The van der Waals surface area contributed by atoms with Crippen molar-refractivity contribution in [2.45, 2.75) is 25.9 Å². The van der Waals surface area contributed by atoms with Crippen molar-refractivity contribution in [3.63, 3.8) is 0 Å². The lowest BCUT2D eigenvalue weighted by Crippen LogP contribution is -2.30. The number of ether oxygens (including phenoxy) is 1. The first-order valence-corrected chi connectivity index (χ1v) is 6.07. The van der Waals surface area contributed by atoms with Crippen LogP contribution in [0.5, 0.6) is 0 Å². The molecule has 0 aliphatic heterocycles. The van der Waals surface area contributed by atoms with Crippen LogP contribution in [0.3, 0.4) is 0 Å². The molecule has 2 rings (SSSR count). The van der Waals surface area contributed by atoms with Crippen molar-refractivity contribution >= 4 is 29.2 Å². The SMILES string of the molecule is C[C@@H](OC(=O)C1CC1)C(=O)Nc1cccnc1Cl. The first-order chi connectivity index (χ1) is 8.58. The largest absolute Gasteiger partial charge is 0.452 e. The van der Waals surface area contributed by atoms with E-state index in [9.17, 15) is 9.59 Å². The number of nitrogens with zero attached hydrogens (tertiary/aromatic N) is 1. The predicted octanol–water partition coefficient (Wildman–Crippen LogP) is 2.02. The number of nitrogens with one attached hydrogen (secondary N) is 1. The number of hydrogen-bond acceptors (Lipinski definition) is 4. The van der Waals surface area contributed by atoms with Crippen LogP contribution in [-0.2, 0) is 14.3 Å². The van der Waals surface area contributed by atoms with E-state index in [0.717, 1.165) is 12.8 Å². The zero-order valence-electron chi connectivity index (χ0n) is 9.85. The summed E-state index contributed by atoms with van der Waals surface area (Å²) in [7, 11) is 0. The van der Waals surface area contributed by atoms with Crippen LogP contribution in [0.25, 0.3) is 0 Å². The highest BCUT2D eigenvalue weighted by molar-refractivity contribution is 6.32. The molecule has 0 radical (unpaired) electrons. The van der Waals surface area contributed by atoms with E-state index in [1.54, 1.807) is 12.1 Å². The molecule has 1 aromatic rings. The summed E-state index contributed by atoms with van der Waals surface area (Å²) in [5.41, 5.74) is 0.401. The minimum atomic E-state index is -0.839. The number of aromatic nitrogens is 1. The van der Waals surface area contributed by atoms with Crippen molar-refractivity contribution < 1.29 is 14.3 Å². The zero-order valence-corrected chi connectivity index (χ0v) is 10.6. The second kappa shape index (κ2) is 5.35. The summed E-state index contributed by atoms with van der Waals surface area (Å²) in [6, 6.07) is 3.28. The molecule has 0 saturated heterocycles. The Kier molecular flexibility index (Phi) is 3.81. The standard InChI is InChI=1S/C12H13ClN2O3/c1-7(18-12(17)8-4-5-8)11(16)15-9-3-2-6-14-10(9)13/h2-3,6-8H,4-5H2,1H3,(H,15,16)/t7-/m1/s1. The van der Waals surface area contributed by atoms with Gasteiger partial charge in [-0.15, -0.1) is 0 Å². The average Bonchev–Trinajstić information content (AvgIpc) is 3.15. The summed E-state index contributed by atoms with van der Waals surface area (Å²) in [5.74, 6) is -0.754. The highest BCUT2D eigenvalue weighted by Crippen LogP contribution is 2.30. The lowest BCUT2D eigenvalue weighted by atomic mass is 10.3. The monoisotopic (exact) mass is 268 g/mol. The Bertz CT molecular complexity index is 474. The topological polar surface area (TPSA) is 68.3 Å². The molecule has 0 spiro atoms. The number of carbonyl (C=O) groups excluding carboxylic acids is 2. The van der Waals surface area contributed by atoms with Gasteiger partial charge in [-0.2, -0.15) is 0 Å². The number of rotatable bonds is 4. The van der Waals surface area contributed by atoms with Gasteiger partial charge >= 0.3 is 5.97 Å². The average molecular weight is 269 g/mol. The Labute approximate surface area is 109 Å². The first-order valence-electron chi connectivity index (χ1n) is 5.70. The molecule has 0 unspecified atom stereocenters. The summed E-state index contributed by atoms with van der Waals surface area (Å²) in [6.07, 6.45) is 2.38. The maximum atomic E-state index is 11.8. The third-order valence-electron chi connectivity index (χ3n) is 2.59. The Morgan fingerprint density at radius 2 is 2.28 bits per heavy atom. The van der Waals surface area contributed by atoms with Crippen LogP contribution in [0.4, 0.5) is 5.69 Å². The second-order valence-corrected chi connectivity index (χ2v) is 4.54. The lowest BCUT2D eigenvalue weighted by Gasteiger charge is -2.13. The van der Waals surface area contributed by atoms with Gasteiger partial charge in [0.2, 0.25) is 0 Å². The summed E-state index contributed by atoms with van der Waals surface area (Å²) >= 11 is 5.81. The van der Waals surface area contributed by atoms with Gasteiger partial charge in [-0.05, 0) is 31.9 Å². The number of pyridine rings is 1. The molecule has 6 heteroatoms. The fraction of sp³-hybridized carbons (Fsp3) is 0.417. The molecule has 1 N–H and O–H groups in total. The molecular weight excluding hydrogens is 256 g/mol. The van der Waals surface area contributed by atoms with Crippen LogP contribution in [0.2, 0.25) is 5.15 Å². The van der Waals surface area contributed by atoms with E-state index in [1.165, 1.54) is 13.1 Å². The van der Waals surface area contributed by atoms with Crippen LogP contribution >= 0.6 is 11.6 Å². The molecule has 1 amide bonds. The molecule has 1 heterocycles. The number of anilines is 1. The third kappa shape index (κ3) is 3.20. The molecule has 1 fully saturated rings. The van der Waals surface area contributed by atoms with Crippen LogP contribution in [0.15, 0.2) is 18.3 Å².